The number of benzene rings is 1. The second-order valence-electron chi connectivity index (χ2n) is 6.32. The third-order valence-electron chi connectivity index (χ3n) is 4.76. The minimum atomic E-state index is -0.573. The smallest absolute Gasteiger partial charge is 0.230 e. The average Bonchev–Trinajstić information content (AvgIpc) is 2.64. The number of aliphatic hydroxyl groups excluding tert-OH is 1. The van der Waals surface area contributed by atoms with E-state index in [4.69, 9.17) is 0 Å². The monoisotopic (exact) mass is 347 g/mol. The zero-order valence-electron chi connectivity index (χ0n) is 14.6. The number of hydrogen-bond donors (Lipinski definition) is 1. The first-order valence-electron chi connectivity index (χ1n) is 8.63. The Hall–Kier alpha value is -2.97. The summed E-state index contributed by atoms with van der Waals surface area (Å²) in [4.78, 5) is 18.3. The second kappa shape index (κ2) is 7.94. The third-order valence-corrected chi connectivity index (χ3v) is 4.76. The van der Waals surface area contributed by atoms with Crippen molar-refractivity contribution < 1.29 is 9.90 Å². The van der Waals surface area contributed by atoms with Gasteiger partial charge in [-0.25, -0.2) is 0 Å². The average molecular weight is 347 g/mol. The lowest BCUT2D eigenvalue weighted by Crippen LogP contribution is -2.65. The Labute approximate surface area is 153 Å². The van der Waals surface area contributed by atoms with Crippen LogP contribution in [0.25, 0.3) is 6.08 Å². The standard InChI is InChI=1S/C21H21N3O2/c1-2-5-15-7-9-16(10-8-15)21-18(13-22)24(19(21)14-25)20(26)12-17-6-3-4-11-23-17/h2-11,18-19,21,25H,12,14H2,1H3/b5-2+/t18-,19+,21+/m1/s1. The van der Waals surface area contributed by atoms with Crippen LogP contribution in [0.15, 0.2) is 54.7 Å². The number of rotatable bonds is 5. The van der Waals surface area contributed by atoms with E-state index in [0.29, 0.717) is 5.69 Å². The Morgan fingerprint density at radius 2 is 2.08 bits per heavy atom. The molecule has 2 aromatic rings. The molecule has 1 fully saturated rings. The van der Waals surface area contributed by atoms with E-state index in [-0.39, 0.29) is 30.9 Å². The van der Waals surface area contributed by atoms with E-state index in [1.807, 2.05) is 49.4 Å². The SMILES string of the molecule is C/C=C/c1ccc([C@H]2[C@@H](C#N)N(C(=O)Cc3ccccn3)[C@H]2CO)cc1. The highest BCUT2D eigenvalue weighted by Crippen LogP contribution is 2.40. The van der Waals surface area contributed by atoms with Gasteiger partial charge in [0, 0.05) is 17.8 Å². The van der Waals surface area contributed by atoms with Crippen molar-refractivity contribution >= 4 is 12.0 Å². The van der Waals surface area contributed by atoms with Gasteiger partial charge in [0.2, 0.25) is 5.91 Å². The van der Waals surface area contributed by atoms with E-state index >= 15 is 0 Å². The molecule has 1 saturated heterocycles. The van der Waals surface area contributed by atoms with Crippen molar-refractivity contribution in [3.8, 4) is 6.07 Å². The maximum atomic E-state index is 12.7. The molecule has 0 bridgehead atoms. The Morgan fingerprint density at radius 3 is 2.65 bits per heavy atom. The Kier molecular flexibility index (Phi) is 5.45. The first-order valence-corrected chi connectivity index (χ1v) is 8.63. The van der Waals surface area contributed by atoms with Crippen molar-refractivity contribution in [2.24, 2.45) is 0 Å². The number of aliphatic hydroxyl groups is 1. The molecule has 0 saturated carbocycles. The van der Waals surface area contributed by atoms with Crippen LogP contribution in [0.2, 0.25) is 0 Å². The number of carbonyl (C=O) groups excluding carboxylic acids is 1. The van der Waals surface area contributed by atoms with Crippen LogP contribution >= 0.6 is 0 Å². The molecular formula is C21H21N3O2. The van der Waals surface area contributed by atoms with Crippen molar-refractivity contribution in [2.45, 2.75) is 31.3 Å². The van der Waals surface area contributed by atoms with Gasteiger partial charge in [0.1, 0.15) is 6.04 Å². The summed E-state index contributed by atoms with van der Waals surface area (Å²) in [7, 11) is 0. The van der Waals surface area contributed by atoms with Crippen molar-refractivity contribution in [3.05, 3.63) is 71.6 Å². The molecule has 1 amide bonds. The Bertz CT molecular complexity index is 825. The second-order valence-corrected chi connectivity index (χ2v) is 6.32. The highest BCUT2D eigenvalue weighted by atomic mass is 16.3. The summed E-state index contributed by atoms with van der Waals surface area (Å²) in [5, 5.41) is 19.4. The van der Waals surface area contributed by atoms with Crippen LogP contribution in [0, 0.1) is 11.3 Å². The largest absolute Gasteiger partial charge is 0.394 e. The molecule has 1 N–H and O–H groups in total. The number of nitriles is 1. The van der Waals surface area contributed by atoms with E-state index in [1.165, 1.54) is 4.90 Å². The van der Waals surface area contributed by atoms with Gasteiger partial charge in [-0.1, -0.05) is 42.5 Å². The third kappa shape index (κ3) is 3.37. The van der Waals surface area contributed by atoms with Crippen LogP contribution in [0.3, 0.4) is 0 Å². The summed E-state index contributed by atoms with van der Waals surface area (Å²) in [6.07, 6.45) is 5.73. The molecule has 5 nitrogen and oxygen atoms in total. The molecule has 0 aliphatic carbocycles. The van der Waals surface area contributed by atoms with Crippen LogP contribution in [0.5, 0.6) is 0 Å². The lowest BCUT2D eigenvalue weighted by Gasteiger charge is -2.51. The minimum Gasteiger partial charge on any atom is -0.394 e. The van der Waals surface area contributed by atoms with Crippen LogP contribution in [0.4, 0.5) is 0 Å². The molecule has 0 unspecified atom stereocenters. The topological polar surface area (TPSA) is 77.2 Å². The number of amides is 1. The summed E-state index contributed by atoms with van der Waals surface area (Å²) in [5.41, 5.74) is 2.70. The van der Waals surface area contributed by atoms with Crippen LogP contribution < -0.4 is 0 Å². The van der Waals surface area contributed by atoms with Gasteiger partial charge in [-0.3, -0.25) is 9.78 Å². The number of hydrogen-bond acceptors (Lipinski definition) is 4. The molecule has 2 heterocycles. The summed E-state index contributed by atoms with van der Waals surface area (Å²) >= 11 is 0. The number of carbonyl (C=O) groups is 1. The molecule has 0 spiro atoms. The molecular weight excluding hydrogens is 326 g/mol. The minimum absolute atomic E-state index is 0.127. The van der Waals surface area contributed by atoms with E-state index in [0.717, 1.165) is 11.1 Å². The number of likely N-dealkylation sites (tertiary alicyclic amines) is 1. The first-order chi connectivity index (χ1) is 12.7. The predicted octanol–water partition coefficient (Wildman–Crippen LogP) is 2.54. The Morgan fingerprint density at radius 1 is 1.31 bits per heavy atom. The zero-order valence-corrected chi connectivity index (χ0v) is 14.6. The lowest BCUT2D eigenvalue weighted by atomic mass is 9.75. The first kappa shape index (κ1) is 17.8. The van der Waals surface area contributed by atoms with Gasteiger partial charge in [-0.05, 0) is 30.2 Å². The fraction of sp³-hybridized carbons (Fsp3) is 0.286. The molecule has 1 aromatic carbocycles. The van der Waals surface area contributed by atoms with Gasteiger partial charge in [0.25, 0.3) is 0 Å². The van der Waals surface area contributed by atoms with Gasteiger partial charge in [0.15, 0.2) is 0 Å². The van der Waals surface area contributed by atoms with Crippen LogP contribution in [0.1, 0.15) is 29.7 Å². The van der Waals surface area contributed by atoms with Crippen LogP contribution in [-0.2, 0) is 11.2 Å². The fourth-order valence-corrected chi connectivity index (χ4v) is 3.52. The van der Waals surface area contributed by atoms with Gasteiger partial charge in [-0.2, -0.15) is 5.26 Å². The van der Waals surface area contributed by atoms with Gasteiger partial charge >= 0.3 is 0 Å². The van der Waals surface area contributed by atoms with Gasteiger partial charge in [-0.15, -0.1) is 0 Å². The van der Waals surface area contributed by atoms with Crippen molar-refractivity contribution in [1.82, 2.24) is 9.88 Å². The molecule has 132 valence electrons. The Balaban J connectivity index is 1.79. The lowest BCUT2D eigenvalue weighted by molar-refractivity contribution is -0.146. The van der Waals surface area contributed by atoms with Crippen LogP contribution in [-0.4, -0.2) is 39.6 Å². The zero-order chi connectivity index (χ0) is 18.5. The highest BCUT2D eigenvalue weighted by Gasteiger charge is 2.51. The molecule has 3 rings (SSSR count). The molecule has 1 aliphatic rings. The van der Waals surface area contributed by atoms with Gasteiger partial charge in [0.05, 0.1) is 25.1 Å². The molecule has 3 atom stereocenters. The summed E-state index contributed by atoms with van der Waals surface area (Å²) in [5.74, 6) is -0.367. The highest BCUT2D eigenvalue weighted by molar-refractivity contribution is 5.81. The fourth-order valence-electron chi connectivity index (χ4n) is 3.52. The van der Waals surface area contributed by atoms with E-state index in [9.17, 15) is 15.2 Å². The molecule has 0 radical (unpaired) electrons. The summed E-state index contributed by atoms with van der Waals surface area (Å²) in [6.45, 7) is 1.78. The number of allylic oxidation sites excluding steroid dienone is 1. The number of nitrogens with zero attached hydrogens (tertiary/aromatic N) is 3. The maximum Gasteiger partial charge on any atom is 0.230 e. The van der Waals surface area contributed by atoms with E-state index < -0.39 is 6.04 Å². The molecule has 1 aliphatic heterocycles. The van der Waals surface area contributed by atoms with Crippen molar-refractivity contribution in [1.29, 1.82) is 5.26 Å². The quantitative estimate of drug-likeness (QED) is 0.902. The van der Waals surface area contributed by atoms with Crippen molar-refractivity contribution in [2.75, 3.05) is 6.61 Å². The van der Waals surface area contributed by atoms with E-state index in [2.05, 4.69) is 11.1 Å². The number of pyridine rings is 1. The molecule has 5 heteroatoms. The normalized spacial score (nSPS) is 22.0. The maximum absolute atomic E-state index is 12.7. The van der Waals surface area contributed by atoms with Gasteiger partial charge < -0.3 is 10.0 Å². The molecule has 26 heavy (non-hydrogen) atoms. The number of aromatic nitrogens is 1. The predicted molar refractivity (Wildman–Crippen MR) is 99.0 cm³/mol. The van der Waals surface area contributed by atoms with E-state index in [1.54, 1.807) is 18.3 Å². The molecule has 1 aromatic heterocycles. The van der Waals surface area contributed by atoms with Crippen molar-refractivity contribution in [3.63, 3.8) is 0 Å². The summed E-state index contributed by atoms with van der Waals surface area (Å²) < 4.78 is 0. The summed E-state index contributed by atoms with van der Waals surface area (Å²) in [6, 6.07) is 14.6.